The lowest BCUT2D eigenvalue weighted by atomic mass is 9.97. The number of unbranched alkanes of at least 4 members (excludes halogenated alkanes) is 14. The summed E-state index contributed by atoms with van der Waals surface area (Å²) >= 11 is 0. The van der Waals surface area contributed by atoms with Crippen LogP contribution in [0.1, 0.15) is 187 Å². The molecule has 14 heteroatoms. The van der Waals surface area contributed by atoms with Gasteiger partial charge in [0, 0.05) is 6.42 Å². The summed E-state index contributed by atoms with van der Waals surface area (Å²) < 4.78 is 22.7. The molecule has 2 aliphatic heterocycles. The molecule has 0 bridgehead atoms. The molecule has 2 saturated heterocycles. The molecule has 0 aliphatic carbocycles. The second-order valence-electron chi connectivity index (χ2n) is 21.1. The van der Waals surface area contributed by atoms with E-state index in [9.17, 15) is 45.6 Å². The standard InChI is InChI=1S/C67H109NO13/c1-3-5-7-9-11-13-15-17-18-19-20-21-22-23-24-25-26-27-28-29-30-31-32-33-34-35-36-37-38-39-41-43-45-47-49-51-59(72)68-55(56(71)50-48-46-44-42-40-16-14-12-10-8-6-4-2)54-78-66-64(77)62(75)65(58(53-70)80-66)81-67-63(76)61(74)60(73)57(52-69)79-67/h5,7,10-13,17-18,20-21,23-24,26-27,29-30,32-33,40,42,48,50,55-58,60-67,69-71,73-77H,3-4,6,8-9,14-16,19,22,25,28,31,34-39,41,43-47,49,51-54H2,1-2H3,(H,68,72)/b7-5-,12-10+,13-11-,18-17-,21-20-,24-23-,27-26-,30-29-,33-32-,42-40+,50-48+. The predicted octanol–water partition coefficient (Wildman–Crippen LogP) is 11.2. The van der Waals surface area contributed by atoms with Crippen LogP contribution in [-0.4, -0.2) is 140 Å². The smallest absolute Gasteiger partial charge is 0.220 e. The Balaban J connectivity index is 1.66. The molecule has 0 saturated carbocycles. The highest BCUT2D eigenvalue weighted by atomic mass is 16.7. The van der Waals surface area contributed by atoms with Gasteiger partial charge in [-0.25, -0.2) is 0 Å². The molecule has 12 unspecified atom stereocenters. The number of ether oxygens (including phenoxy) is 4. The maximum absolute atomic E-state index is 13.2. The first kappa shape index (κ1) is 73.2. The second kappa shape index (κ2) is 50.6. The molecule has 0 aromatic rings. The lowest BCUT2D eigenvalue weighted by Gasteiger charge is -2.46. The molecular formula is C67H109NO13. The summed E-state index contributed by atoms with van der Waals surface area (Å²) in [6, 6.07) is -0.948. The highest BCUT2D eigenvalue weighted by molar-refractivity contribution is 5.76. The van der Waals surface area contributed by atoms with Gasteiger partial charge in [0.15, 0.2) is 12.6 Å². The zero-order valence-corrected chi connectivity index (χ0v) is 49.5. The minimum absolute atomic E-state index is 0.255. The Morgan fingerprint density at radius 1 is 0.457 bits per heavy atom. The van der Waals surface area contributed by atoms with Gasteiger partial charge in [0.25, 0.3) is 0 Å². The van der Waals surface area contributed by atoms with Gasteiger partial charge in [0.05, 0.1) is 32.0 Å². The van der Waals surface area contributed by atoms with Gasteiger partial charge >= 0.3 is 0 Å². The lowest BCUT2D eigenvalue weighted by Crippen LogP contribution is -2.65. The normalized spacial score (nSPS) is 25.1. The molecule has 12 atom stereocenters. The highest BCUT2D eigenvalue weighted by Crippen LogP contribution is 2.30. The molecule has 2 heterocycles. The number of hydrogen-bond donors (Lipinski definition) is 9. The molecule has 2 rings (SSSR count). The van der Waals surface area contributed by atoms with Gasteiger partial charge < -0.3 is 65.1 Å². The van der Waals surface area contributed by atoms with Crippen molar-refractivity contribution in [1.29, 1.82) is 0 Å². The van der Waals surface area contributed by atoms with E-state index >= 15 is 0 Å². The second-order valence-corrected chi connectivity index (χ2v) is 21.1. The van der Waals surface area contributed by atoms with E-state index in [1.54, 1.807) is 6.08 Å². The molecule has 81 heavy (non-hydrogen) atoms. The van der Waals surface area contributed by atoms with Gasteiger partial charge in [-0.1, -0.05) is 212 Å². The molecule has 2 fully saturated rings. The predicted molar refractivity (Wildman–Crippen MR) is 327 cm³/mol. The molecule has 0 spiro atoms. The van der Waals surface area contributed by atoms with Crippen molar-refractivity contribution >= 4 is 5.91 Å². The zero-order chi connectivity index (χ0) is 58.8. The van der Waals surface area contributed by atoms with E-state index in [0.717, 1.165) is 103 Å². The van der Waals surface area contributed by atoms with Crippen LogP contribution in [0.4, 0.5) is 0 Å². The van der Waals surface area contributed by atoms with Crippen molar-refractivity contribution in [3.05, 3.63) is 134 Å². The first-order valence-electron chi connectivity index (χ1n) is 30.9. The van der Waals surface area contributed by atoms with Gasteiger partial charge in [-0.2, -0.15) is 0 Å². The Kier molecular flexibility index (Phi) is 45.8. The molecule has 460 valence electrons. The Bertz CT molecular complexity index is 1870. The quantitative estimate of drug-likeness (QED) is 0.0204. The molecular weight excluding hydrogens is 1030 g/mol. The van der Waals surface area contributed by atoms with Crippen LogP contribution in [0.3, 0.4) is 0 Å². The number of allylic oxidation sites excluding steroid dienone is 21. The van der Waals surface area contributed by atoms with Crippen molar-refractivity contribution in [1.82, 2.24) is 5.32 Å². The van der Waals surface area contributed by atoms with E-state index in [-0.39, 0.29) is 18.9 Å². The third-order valence-corrected chi connectivity index (χ3v) is 14.0. The summed E-state index contributed by atoms with van der Waals surface area (Å²) in [7, 11) is 0. The van der Waals surface area contributed by atoms with Crippen LogP contribution in [0.25, 0.3) is 0 Å². The Morgan fingerprint density at radius 2 is 0.864 bits per heavy atom. The molecule has 0 radical (unpaired) electrons. The summed E-state index contributed by atoms with van der Waals surface area (Å²) in [4.78, 5) is 13.2. The van der Waals surface area contributed by atoms with Gasteiger partial charge in [-0.3, -0.25) is 4.79 Å². The van der Waals surface area contributed by atoms with E-state index < -0.39 is 86.8 Å². The number of hydrogen-bond acceptors (Lipinski definition) is 13. The molecule has 14 nitrogen and oxygen atoms in total. The number of nitrogens with one attached hydrogen (secondary N) is 1. The van der Waals surface area contributed by atoms with Crippen LogP contribution in [0, 0.1) is 0 Å². The Hall–Kier alpha value is -3.87. The van der Waals surface area contributed by atoms with Crippen LogP contribution >= 0.6 is 0 Å². The van der Waals surface area contributed by atoms with E-state index in [0.29, 0.717) is 12.8 Å². The average molecular weight is 1140 g/mol. The van der Waals surface area contributed by atoms with Gasteiger partial charge in [-0.15, -0.1) is 0 Å². The van der Waals surface area contributed by atoms with E-state index in [1.807, 2.05) is 6.08 Å². The summed E-state index contributed by atoms with van der Waals surface area (Å²) in [5.41, 5.74) is 0. The van der Waals surface area contributed by atoms with Crippen LogP contribution in [-0.2, 0) is 23.7 Å². The van der Waals surface area contributed by atoms with Crippen molar-refractivity contribution in [3.63, 3.8) is 0 Å². The summed E-state index contributed by atoms with van der Waals surface area (Å²) in [5.74, 6) is -0.266. The van der Waals surface area contributed by atoms with Crippen LogP contribution in [0.5, 0.6) is 0 Å². The average Bonchev–Trinajstić information content (AvgIpc) is 3.46. The first-order chi connectivity index (χ1) is 39.6. The van der Waals surface area contributed by atoms with Crippen molar-refractivity contribution < 1.29 is 64.6 Å². The molecule has 0 aromatic heterocycles. The number of aliphatic hydroxyl groups is 8. The maximum atomic E-state index is 13.2. The van der Waals surface area contributed by atoms with Gasteiger partial charge in [0.1, 0.15) is 48.8 Å². The fourth-order valence-corrected chi connectivity index (χ4v) is 9.09. The zero-order valence-electron chi connectivity index (χ0n) is 49.5. The van der Waals surface area contributed by atoms with E-state index in [1.165, 1.54) is 51.4 Å². The van der Waals surface area contributed by atoms with E-state index in [2.05, 4.69) is 141 Å². The maximum Gasteiger partial charge on any atom is 0.220 e. The molecule has 9 N–H and O–H groups in total. The fourth-order valence-electron chi connectivity index (χ4n) is 9.09. The number of carbonyl (C=O) groups excluding carboxylic acids is 1. The minimum atomic E-state index is -1.80. The third-order valence-electron chi connectivity index (χ3n) is 14.0. The fraction of sp³-hybridized carbons (Fsp3) is 0.657. The number of amides is 1. The topological polar surface area (TPSA) is 228 Å². The van der Waals surface area contributed by atoms with Crippen molar-refractivity contribution in [2.45, 2.75) is 261 Å². The highest BCUT2D eigenvalue weighted by Gasteiger charge is 2.51. The summed E-state index contributed by atoms with van der Waals surface area (Å²) in [6.07, 6.45) is 57.9. The first-order valence-corrected chi connectivity index (χ1v) is 30.9. The van der Waals surface area contributed by atoms with Crippen molar-refractivity contribution in [2.75, 3.05) is 19.8 Å². The van der Waals surface area contributed by atoms with Gasteiger partial charge in [0.2, 0.25) is 5.91 Å². The molecule has 1 amide bonds. The monoisotopic (exact) mass is 1140 g/mol. The SMILES string of the molecule is CC/C=C\C/C=C\C/C=C\C/C=C\C/C=C\C/C=C\C/C=C\C/C=C\CCCCCCCCCCCCC(=O)NC(COC1OC(CO)C(OC2OC(CO)C(O)C(O)C2O)C(O)C1O)C(O)/C=C/CC/C=C/CC/C=C/CCCC. The Morgan fingerprint density at radius 3 is 1.36 bits per heavy atom. The lowest BCUT2D eigenvalue weighted by molar-refractivity contribution is -0.359. The van der Waals surface area contributed by atoms with Crippen molar-refractivity contribution in [2.24, 2.45) is 0 Å². The van der Waals surface area contributed by atoms with Crippen molar-refractivity contribution in [3.8, 4) is 0 Å². The molecule has 2 aliphatic rings. The summed E-state index contributed by atoms with van der Waals surface area (Å²) in [5, 5.41) is 86.9. The van der Waals surface area contributed by atoms with Crippen LogP contribution in [0.15, 0.2) is 134 Å². The number of aliphatic hydroxyl groups excluding tert-OH is 8. The number of carbonyl (C=O) groups is 1. The molecule has 0 aromatic carbocycles. The Labute approximate surface area is 488 Å². The number of rotatable bonds is 47. The minimum Gasteiger partial charge on any atom is -0.394 e. The summed E-state index contributed by atoms with van der Waals surface area (Å²) in [6.45, 7) is 2.57. The third kappa shape index (κ3) is 35.8. The largest absolute Gasteiger partial charge is 0.394 e. The van der Waals surface area contributed by atoms with Crippen LogP contribution in [0.2, 0.25) is 0 Å². The van der Waals surface area contributed by atoms with Gasteiger partial charge in [-0.05, 0) is 103 Å². The van der Waals surface area contributed by atoms with Crippen LogP contribution < -0.4 is 5.32 Å². The van der Waals surface area contributed by atoms with E-state index in [4.69, 9.17) is 18.9 Å².